The van der Waals surface area contributed by atoms with Gasteiger partial charge in [0, 0.05) is 47.8 Å². The van der Waals surface area contributed by atoms with Crippen LogP contribution in [-0.4, -0.2) is 33.3 Å². The van der Waals surface area contributed by atoms with Crippen LogP contribution in [0.1, 0.15) is 16.1 Å². The third-order valence-corrected chi connectivity index (χ3v) is 6.77. The second-order valence-electron chi connectivity index (χ2n) is 6.30. The van der Waals surface area contributed by atoms with Gasteiger partial charge in [-0.1, -0.05) is 29.8 Å². The summed E-state index contributed by atoms with van der Waals surface area (Å²) in [5.41, 5.74) is 1.99. The molecule has 7 nitrogen and oxygen atoms in total. The average Bonchev–Trinajstić information content (AvgIpc) is 3.37. The zero-order chi connectivity index (χ0) is 20.1. The van der Waals surface area contributed by atoms with E-state index in [1.54, 1.807) is 30.4 Å². The highest BCUT2D eigenvalue weighted by Gasteiger charge is 2.17. The number of hydrogen-bond acceptors (Lipinski definition) is 7. The molecule has 29 heavy (non-hydrogen) atoms. The number of benzene rings is 1. The Morgan fingerprint density at radius 1 is 1.21 bits per heavy atom. The standard InChI is InChI=1S/C19H19ClN6OS2/c20-14-4-2-1-3-12(14)9-22-18(27)26-19-23-10-13(29-19)5-7-21-17-16-15(6-8-28-16)24-11-25-17/h1-4,10-11H,5-9H2,(H,21,24,25)(H2,22,23,26,27). The second-order valence-corrected chi connectivity index (χ2v) is 8.93. The number of nitrogens with zero attached hydrogens (tertiary/aromatic N) is 3. The van der Waals surface area contributed by atoms with E-state index in [-0.39, 0.29) is 6.03 Å². The number of urea groups is 1. The fourth-order valence-electron chi connectivity index (χ4n) is 2.86. The number of amides is 2. The van der Waals surface area contributed by atoms with Gasteiger partial charge in [-0.25, -0.2) is 19.7 Å². The molecule has 3 N–H and O–H groups in total. The minimum Gasteiger partial charge on any atom is -0.369 e. The summed E-state index contributed by atoms with van der Waals surface area (Å²) in [6.45, 7) is 1.10. The Kier molecular flexibility index (Phi) is 6.48. The van der Waals surface area contributed by atoms with Crippen molar-refractivity contribution < 1.29 is 4.79 Å². The van der Waals surface area contributed by atoms with Crippen LogP contribution in [0, 0.1) is 0 Å². The van der Waals surface area contributed by atoms with Crippen molar-refractivity contribution in [3.8, 4) is 0 Å². The van der Waals surface area contributed by atoms with Gasteiger partial charge in [0.1, 0.15) is 12.1 Å². The maximum absolute atomic E-state index is 12.1. The monoisotopic (exact) mass is 446 g/mol. The first-order valence-corrected chi connectivity index (χ1v) is 11.3. The zero-order valence-corrected chi connectivity index (χ0v) is 17.8. The molecule has 1 aliphatic heterocycles. The predicted molar refractivity (Wildman–Crippen MR) is 118 cm³/mol. The summed E-state index contributed by atoms with van der Waals surface area (Å²) in [6, 6.07) is 7.11. The van der Waals surface area contributed by atoms with Crippen LogP contribution in [0.25, 0.3) is 0 Å². The van der Waals surface area contributed by atoms with Gasteiger partial charge in [-0.3, -0.25) is 5.32 Å². The number of nitrogens with one attached hydrogen (secondary N) is 3. The minimum atomic E-state index is -0.308. The molecular weight excluding hydrogens is 428 g/mol. The predicted octanol–water partition coefficient (Wildman–Crippen LogP) is 4.21. The van der Waals surface area contributed by atoms with Crippen molar-refractivity contribution in [3.05, 3.63) is 57.9 Å². The number of rotatable bonds is 7. The number of aryl methyl sites for hydroxylation is 1. The molecule has 1 aliphatic rings. The SMILES string of the molecule is O=C(NCc1ccccc1Cl)Nc1ncc(CCNc2ncnc3c2SCC3)s1. The molecule has 1 aromatic carbocycles. The fourth-order valence-corrected chi connectivity index (χ4v) is 4.95. The van der Waals surface area contributed by atoms with Crippen LogP contribution in [0.4, 0.5) is 15.7 Å². The molecule has 3 aromatic rings. The number of hydrogen-bond donors (Lipinski definition) is 3. The number of carbonyl (C=O) groups is 1. The Balaban J connectivity index is 1.24. The Morgan fingerprint density at radius 2 is 2.10 bits per heavy atom. The van der Waals surface area contributed by atoms with Gasteiger partial charge in [0.25, 0.3) is 0 Å². The van der Waals surface area contributed by atoms with E-state index in [1.807, 2.05) is 18.2 Å². The maximum Gasteiger partial charge on any atom is 0.321 e. The third-order valence-electron chi connectivity index (χ3n) is 4.30. The van der Waals surface area contributed by atoms with Crippen LogP contribution in [0.3, 0.4) is 0 Å². The van der Waals surface area contributed by atoms with Gasteiger partial charge in [-0.2, -0.15) is 0 Å². The van der Waals surface area contributed by atoms with Gasteiger partial charge in [0.2, 0.25) is 0 Å². The molecule has 3 heterocycles. The number of halogens is 1. The highest BCUT2D eigenvalue weighted by molar-refractivity contribution is 7.99. The van der Waals surface area contributed by atoms with Crippen molar-refractivity contribution in [2.45, 2.75) is 24.3 Å². The molecule has 0 saturated heterocycles. The lowest BCUT2D eigenvalue weighted by Crippen LogP contribution is -2.28. The molecule has 0 spiro atoms. The summed E-state index contributed by atoms with van der Waals surface area (Å²) in [5.74, 6) is 1.96. The van der Waals surface area contributed by atoms with Crippen molar-refractivity contribution >= 4 is 51.7 Å². The number of fused-ring (bicyclic) bond motifs is 1. The summed E-state index contributed by atoms with van der Waals surface area (Å²) in [4.78, 5) is 27.3. The lowest BCUT2D eigenvalue weighted by atomic mass is 10.2. The van der Waals surface area contributed by atoms with Gasteiger partial charge in [-0.05, 0) is 11.6 Å². The third kappa shape index (κ3) is 5.17. The Hall–Kier alpha value is -2.36. The number of aromatic nitrogens is 3. The van der Waals surface area contributed by atoms with Crippen LogP contribution in [0.5, 0.6) is 0 Å². The maximum atomic E-state index is 12.1. The molecule has 10 heteroatoms. The highest BCUT2D eigenvalue weighted by atomic mass is 35.5. The van der Waals surface area contributed by atoms with Crippen molar-refractivity contribution in [2.24, 2.45) is 0 Å². The minimum absolute atomic E-state index is 0.308. The molecule has 4 rings (SSSR count). The van der Waals surface area contributed by atoms with Gasteiger partial charge in [-0.15, -0.1) is 23.1 Å². The summed E-state index contributed by atoms with van der Waals surface area (Å²) in [7, 11) is 0. The smallest absolute Gasteiger partial charge is 0.321 e. The van der Waals surface area contributed by atoms with Crippen molar-refractivity contribution in [2.75, 3.05) is 22.9 Å². The number of thiazole rings is 1. The van der Waals surface area contributed by atoms with Crippen molar-refractivity contribution in [3.63, 3.8) is 0 Å². The van der Waals surface area contributed by atoms with E-state index in [0.29, 0.717) is 16.7 Å². The first kappa shape index (κ1) is 19.9. The lowest BCUT2D eigenvalue weighted by molar-refractivity contribution is 0.251. The molecule has 0 unspecified atom stereocenters. The van der Waals surface area contributed by atoms with E-state index in [1.165, 1.54) is 11.3 Å². The van der Waals surface area contributed by atoms with Crippen LogP contribution in [0.2, 0.25) is 5.02 Å². The van der Waals surface area contributed by atoms with Gasteiger partial charge in [0.15, 0.2) is 5.13 Å². The topological polar surface area (TPSA) is 91.8 Å². The first-order chi connectivity index (χ1) is 14.2. The molecule has 0 bridgehead atoms. The normalized spacial score (nSPS) is 12.4. The molecule has 2 aromatic heterocycles. The molecule has 2 amide bonds. The van der Waals surface area contributed by atoms with Gasteiger partial charge in [0.05, 0.1) is 10.6 Å². The molecule has 0 aliphatic carbocycles. The van der Waals surface area contributed by atoms with Crippen LogP contribution < -0.4 is 16.0 Å². The lowest BCUT2D eigenvalue weighted by Gasteiger charge is -2.08. The number of carbonyl (C=O) groups excluding carboxylic acids is 1. The van der Waals surface area contributed by atoms with Gasteiger partial charge < -0.3 is 10.6 Å². The first-order valence-electron chi connectivity index (χ1n) is 9.12. The van der Waals surface area contributed by atoms with Gasteiger partial charge >= 0.3 is 6.03 Å². The van der Waals surface area contributed by atoms with Crippen LogP contribution in [-0.2, 0) is 19.4 Å². The van der Waals surface area contributed by atoms with E-state index in [0.717, 1.165) is 52.0 Å². The molecule has 0 saturated carbocycles. The quantitative estimate of drug-likeness (QED) is 0.503. The summed E-state index contributed by atoms with van der Waals surface area (Å²) < 4.78 is 0. The Labute approximate surface area is 181 Å². The number of thioether (sulfide) groups is 1. The van der Waals surface area contributed by atoms with E-state index in [2.05, 4.69) is 30.9 Å². The average molecular weight is 447 g/mol. The highest BCUT2D eigenvalue weighted by Crippen LogP contribution is 2.34. The molecule has 0 radical (unpaired) electrons. The van der Waals surface area contributed by atoms with Crippen LogP contribution >= 0.6 is 34.7 Å². The zero-order valence-electron chi connectivity index (χ0n) is 15.4. The van der Waals surface area contributed by atoms with Crippen LogP contribution in [0.15, 0.2) is 41.7 Å². The fraction of sp³-hybridized carbons (Fsp3) is 0.263. The number of anilines is 2. The van der Waals surface area contributed by atoms with Crippen molar-refractivity contribution in [1.29, 1.82) is 0 Å². The largest absolute Gasteiger partial charge is 0.369 e. The summed E-state index contributed by atoms with van der Waals surface area (Å²) >= 11 is 9.35. The second kappa shape index (κ2) is 9.43. The molecule has 0 fully saturated rings. The molecular formula is C19H19ClN6OS2. The van der Waals surface area contributed by atoms with E-state index in [9.17, 15) is 4.79 Å². The molecule has 0 atom stereocenters. The van der Waals surface area contributed by atoms with E-state index >= 15 is 0 Å². The molecule has 150 valence electrons. The van der Waals surface area contributed by atoms with Crippen molar-refractivity contribution in [1.82, 2.24) is 20.3 Å². The Morgan fingerprint density at radius 3 is 3.00 bits per heavy atom. The van der Waals surface area contributed by atoms with E-state index in [4.69, 9.17) is 11.6 Å². The Bertz CT molecular complexity index is 1010. The summed E-state index contributed by atoms with van der Waals surface area (Å²) in [6.07, 6.45) is 5.20. The summed E-state index contributed by atoms with van der Waals surface area (Å²) in [5, 5.41) is 10.1. The van der Waals surface area contributed by atoms with E-state index < -0.39 is 0 Å².